The van der Waals surface area contributed by atoms with Gasteiger partial charge in [-0.2, -0.15) is 0 Å². The fraction of sp³-hybridized carbons (Fsp3) is 0.316. The van der Waals surface area contributed by atoms with E-state index in [1.165, 1.54) is 0 Å². The van der Waals surface area contributed by atoms with Crippen LogP contribution in [-0.2, 0) is 14.3 Å². The number of hydrogen-bond acceptors (Lipinski definition) is 4. The molecule has 23 heavy (non-hydrogen) atoms. The third-order valence-corrected chi connectivity index (χ3v) is 3.62. The van der Waals surface area contributed by atoms with E-state index in [1.807, 2.05) is 36.4 Å². The van der Waals surface area contributed by atoms with E-state index in [1.54, 1.807) is 13.0 Å². The first-order valence-electron chi connectivity index (χ1n) is 7.79. The number of hydrogen-bond donors (Lipinski definition) is 0. The van der Waals surface area contributed by atoms with Gasteiger partial charge in [0.1, 0.15) is 5.78 Å². The van der Waals surface area contributed by atoms with Gasteiger partial charge in [-0.25, -0.2) is 0 Å². The summed E-state index contributed by atoms with van der Waals surface area (Å²) in [5, 5.41) is 2.08. The molecule has 2 aromatic carbocycles. The van der Waals surface area contributed by atoms with Gasteiger partial charge in [0.05, 0.1) is 13.0 Å². The maximum Gasteiger partial charge on any atom is 0.306 e. The summed E-state index contributed by atoms with van der Waals surface area (Å²) < 4.78 is 4.77. The SMILES string of the molecule is CCOC(=O)CCC(=O)CCC(=O)c1ccc2ccccc2c1. The first-order valence-corrected chi connectivity index (χ1v) is 7.79. The Morgan fingerprint density at radius 2 is 1.57 bits per heavy atom. The predicted molar refractivity (Wildman–Crippen MR) is 88.4 cm³/mol. The zero-order valence-electron chi connectivity index (χ0n) is 13.2. The molecule has 4 heteroatoms. The van der Waals surface area contributed by atoms with Gasteiger partial charge >= 0.3 is 5.97 Å². The largest absolute Gasteiger partial charge is 0.466 e. The van der Waals surface area contributed by atoms with Crippen molar-refractivity contribution in [3.8, 4) is 0 Å². The average molecular weight is 312 g/mol. The summed E-state index contributed by atoms with van der Waals surface area (Å²) >= 11 is 0. The second-order valence-electron chi connectivity index (χ2n) is 5.33. The van der Waals surface area contributed by atoms with Crippen LogP contribution in [0.25, 0.3) is 10.8 Å². The van der Waals surface area contributed by atoms with Gasteiger partial charge in [0.25, 0.3) is 0 Å². The fourth-order valence-corrected chi connectivity index (χ4v) is 2.36. The molecule has 0 saturated heterocycles. The van der Waals surface area contributed by atoms with Crippen molar-refractivity contribution >= 4 is 28.3 Å². The maximum atomic E-state index is 12.2. The van der Waals surface area contributed by atoms with Gasteiger partial charge in [0.15, 0.2) is 5.78 Å². The maximum absolute atomic E-state index is 12.2. The highest BCUT2D eigenvalue weighted by Crippen LogP contribution is 2.17. The summed E-state index contributed by atoms with van der Waals surface area (Å²) in [6.45, 7) is 2.04. The first kappa shape index (κ1) is 16.9. The van der Waals surface area contributed by atoms with E-state index in [0.29, 0.717) is 12.2 Å². The number of carbonyl (C=O) groups excluding carboxylic acids is 3. The smallest absolute Gasteiger partial charge is 0.306 e. The van der Waals surface area contributed by atoms with Crippen LogP contribution < -0.4 is 0 Å². The zero-order valence-corrected chi connectivity index (χ0v) is 13.2. The van der Waals surface area contributed by atoms with Crippen LogP contribution in [-0.4, -0.2) is 24.1 Å². The molecule has 4 nitrogen and oxygen atoms in total. The molecule has 0 atom stereocenters. The van der Waals surface area contributed by atoms with Crippen LogP contribution in [0, 0.1) is 0 Å². The molecular formula is C19H20O4. The molecule has 0 aliphatic rings. The fourth-order valence-electron chi connectivity index (χ4n) is 2.36. The lowest BCUT2D eigenvalue weighted by Crippen LogP contribution is -2.09. The molecular weight excluding hydrogens is 292 g/mol. The number of fused-ring (bicyclic) bond motifs is 1. The number of carbonyl (C=O) groups is 3. The van der Waals surface area contributed by atoms with Crippen molar-refractivity contribution in [3.63, 3.8) is 0 Å². The van der Waals surface area contributed by atoms with Crippen molar-refractivity contribution < 1.29 is 19.1 Å². The summed E-state index contributed by atoms with van der Waals surface area (Å²) in [5.74, 6) is -0.519. The van der Waals surface area contributed by atoms with E-state index >= 15 is 0 Å². The van der Waals surface area contributed by atoms with Gasteiger partial charge in [0, 0.05) is 24.8 Å². The highest BCUT2D eigenvalue weighted by molar-refractivity contribution is 6.01. The highest BCUT2D eigenvalue weighted by atomic mass is 16.5. The Hall–Kier alpha value is -2.49. The normalized spacial score (nSPS) is 10.5. The molecule has 0 spiro atoms. The topological polar surface area (TPSA) is 60.4 Å². The van der Waals surface area contributed by atoms with Crippen LogP contribution in [0.4, 0.5) is 0 Å². The average Bonchev–Trinajstić information content (AvgIpc) is 2.57. The van der Waals surface area contributed by atoms with E-state index in [2.05, 4.69) is 0 Å². The van der Waals surface area contributed by atoms with Crippen molar-refractivity contribution in [1.29, 1.82) is 0 Å². The second kappa shape index (κ2) is 8.22. The van der Waals surface area contributed by atoms with E-state index in [4.69, 9.17) is 4.74 Å². The van der Waals surface area contributed by atoms with Gasteiger partial charge in [-0.1, -0.05) is 36.4 Å². The minimum absolute atomic E-state index is 0.0553. The second-order valence-corrected chi connectivity index (χ2v) is 5.33. The number of ketones is 2. The van der Waals surface area contributed by atoms with Gasteiger partial charge in [-0.15, -0.1) is 0 Å². The van der Waals surface area contributed by atoms with Crippen LogP contribution in [0.15, 0.2) is 42.5 Å². The molecule has 2 aromatic rings. The monoisotopic (exact) mass is 312 g/mol. The molecule has 0 amide bonds. The minimum atomic E-state index is -0.373. The highest BCUT2D eigenvalue weighted by Gasteiger charge is 2.12. The van der Waals surface area contributed by atoms with Gasteiger partial charge in [0.2, 0.25) is 0 Å². The number of ether oxygens (including phenoxy) is 1. The lowest BCUT2D eigenvalue weighted by Gasteiger charge is -2.04. The quantitative estimate of drug-likeness (QED) is 0.550. The third-order valence-electron chi connectivity index (χ3n) is 3.62. The van der Waals surface area contributed by atoms with Gasteiger partial charge in [-0.3, -0.25) is 14.4 Å². The lowest BCUT2D eigenvalue weighted by atomic mass is 10.0. The van der Waals surface area contributed by atoms with Crippen molar-refractivity contribution in [2.75, 3.05) is 6.61 Å². The minimum Gasteiger partial charge on any atom is -0.466 e. The Morgan fingerprint density at radius 1 is 0.870 bits per heavy atom. The van der Waals surface area contributed by atoms with Crippen LogP contribution in [0.2, 0.25) is 0 Å². The van der Waals surface area contributed by atoms with Crippen LogP contribution in [0.5, 0.6) is 0 Å². The molecule has 0 heterocycles. The molecule has 0 bridgehead atoms. The number of esters is 1. The summed E-state index contributed by atoms with van der Waals surface area (Å²) in [5.41, 5.74) is 0.613. The molecule has 0 N–H and O–H groups in total. The first-order chi connectivity index (χ1) is 11.1. The lowest BCUT2D eigenvalue weighted by molar-refractivity contribution is -0.144. The molecule has 0 aromatic heterocycles. The summed E-state index contributed by atoms with van der Waals surface area (Å²) in [6, 6.07) is 13.4. The summed E-state index contributed by atoms with van der Waals surface area (Å²) in [7, 11) is 0. The Kier molecular flexibility index (Phi) is 6.03. The van der Waals surface area contributed by atoms with E-state index < -0.39 is 0 Å². The van der Waals surface area contributed by atoms with E-state index in [0.717, 1.165) is 10.8 Å². The van der Waals surface area contributed by atoms with Crippen molar-refractivity contribution in [2.24, 2.45) is 0 Å². The number of rotatable bonds is 8. The third kappa shape index (κ3) is 5.02. The van der Waals surface area contributed by atoms with Crippen LogP contribution >= 0.6 is 0 Å². The van der Waals surface area contributed by atoms with Crippen molar-refractivity contribution in [2.45, 2.75) is 32.6 Å². The van der Waals surface area contributed by atoms with E-state index in [9.17, 15) is 14.4 Å². The Labute approximate surface area is 135 Å². The molecule has 120 valence electrons. The Balaban J connectivity index is 1.86. The Morgan fingerprint density at radius 3 is 2.30 bits per heavy atom. The molecule has 0 saturated carbocycles. The number of benzene rings is 2. The summed E-state index contributed by atoms with van der Waals surface area (Å²) in [6.07, 6.45) is 0.533. The molecule has 0 radical (unpaired) electrons. The zero-order chi connectivity index (χ0) is 16.7. The number of Topliss-reactive ketones (excluding diaryl/α,β-unsaturated/α-hetero) is 2. The van der Waals surface area contributed by atoms with E-state index in [-0.39, 0.29) is 43.2 Å². The predicted octanol–water partition coefficient (Wildman–Crippen LogP) is 3.72. The van der Waals surface area contributed by atoms with Gasteiger partial charge < -0.3 is 4.74 Å². The Bertz CT molecular complexity index is 718. The van der Waals surface area contributed by atoms with Gasteiger partial charge in [-0.05, 0) is 23.8 Å². The molecule has 0 aliphatic heterocycles. The molecule has 0 aliphatic carbocycles. The van der Waals surface area contributed by atoms with Crippen LogP contribution in [0.1, 0.15) is 43.0 Å². The van der Waals surface area contributed by atoms with Crippen LogP contribution in [0.3, 0.4) is 0 Å². The standard InChI is InChI=1S/C19H20O4/c1-2-23-19(22)12-10-17(20)9-11-18(21)16-8-7-14-5-3-4-6-15(14)13-16/h3-8,13H,2,9-12H2,1H3. The molecule has 0 unspecified atom stereocenters. The molecule has 0 fully saturated rings. The molecule has 2 rings (SSSR count). The van der Waals surface area contributed by atoms with Crippen molar-refractivity contribution in [3.05, 3.63) is 48.0 Å². The van der Waals surface area contributed by atoms with Crippen molar-refractivity contribution in [1.82, 2.24) is 0 Å². The summed E-state index contributed by atoms with van der Waals surface area (Å²) in [4.78, 5) is 35.1.